The molecule has 4 heteroatoms. The van der Waals surface area contributed by atoms with Crippen molar-refractivity contribution in [3.8, 4) is 0 Å². The molecule has 1 fully saturated rings. The van der Waals surface area contributed by atoms with Crippen LogP contribution in [0.3, 0.4) is 0 Å². The molecule has 24 heavy (non-hydrogen) atoms. The molecule has 0 aromatic heterocycles. The molecule has 4 rings (SSSR count). The first kappa shape index (κ1) is 15.1. The standard InChI is InChI=1S/C20H23N3O/c24-20-17-7-3-4-8-18(17)21-19(22-20)15-9-11-16(12-10-15)23-13-5-1-2-6-14-23/h3-4,7-12,19,21H,1-2,5-6,13-14H2,(H,22,24)/t19-/m1/s1. The first-order valence-corrected chi connectivity index (χ1v) is 8.82. The fourth-order valence-corrected chi connectivity index (χ4v) is 3.58. The lowest BCUT2D eigenvalue weighted by Crippen LogP contribution is -2.38. The van der Waals surface area contributed by atoms with Gasteiger partial charge in [-0.2, -0.15) is 0 Å². The molecule has 0 aliphatic carbocycles. The van der Waals surface area contributed by atoms with Gasteiger partial charge in [0.1, 0.15) is 6.17 Å². The maximum absolute atomic E-state index is 12.3. The van der Waals surface area contributed by atoms with Gasteiger partial charge in [0.25, 0.3) is 5.91 Å². The molecule has 1 atom stereocenters. The molecule has 2 N–H and O–H groups in total. The number of rotatable bonds is 2. The quantitative estimate of drug-likeness (QED) is 0.881. The highest BCUT2D eigenvalue weighted by molar-refractivity contribution is 6.01. The van der Waals surface area contributed by atoms with Crippen molar-refractivity contribution in [2.45, 2.75) is 31.8 Å². The molecule has 2 aliphatic rings. The van der Waals surface area contributed by atoms with Crippen molar-refractivity contribution < 1.29 is 4.79 Å². The van der Waals surface area contributed by atoms with Crippen LogP contribution in [0.1, 0.15) is 47.8 Å². The van der Waals surface area contributed by atoms with Crippen LogP contribution in [-0.2, 0) is 0 Å². The number of nitrogens with zero attached hydrogens (tertiary/aromatic N) is 1. The Balaban J connectivity index is 1.52. The summed E-state index contributed by atoms with van der Waals surface area (Å²) in [6.45, 7) is 2.29. The minimum absolute atomic E-state index is 0.0223. The van der Waals surface area contributed by atoms with Gasteiger partial charge in [0.2, 0.25) is 0 Å². The number of fused-ring (bicyclic) bond motifs is 1. The van der Waals surface area contributed by atoms with Crippen LogP contribution in [0, 0.1) is 0 Å². The van der Waals surface area contributed by atoms with E-state index in [0.717, 1.165) is 24.3 Å². The summed E-state index contributed by atoms with van der Waals surface area (Å²) < 4.78 is 0. The predicted octanol–water partition coefficient (Wildman–Crippen LogP) is 3.92. The van der Waals surface area contributed by atoms with Gasteiger partial charge in [-0.3, -0.25) is 4.79 Å². The van der Waals surface area contributed by atoms with Crippen LogP contribution < -0.4 is 15.5 Å². The Labute approximate surface area is 142 Å². The maximum Gasteiger partial charge on any atom is 0.255 e. The molecular formula is C20H23N3O. The Morgan fingerprint density at radius 3 is 2.29 bits per heavy atom. The fraction of sp³-hybridized carbons (Fsp3) is 0.350. The van der Waals surface area contributed by atoms with Crippen molar-refractivity contribution in [3.63, 3.8) is 0 Å². The van der Waals surface area contributed by atoms with Crippen LogP contribution in [0.25, 0.3) is 0 Å². The van der Waals surface area contributed by atoms with Gasteiger partial charge in [0.15, 0.2) is 0 Å². The Bertz CT molecular complexity index is 718. The summed E-state index contributed by atoms with van der Waals surface area (Å²) in [6, 6.07) is 16.2. The van der Waals surface area contributed by atoms with Gasteiger partial charge in [-0.15, -0.1) is 0 Å². The number of hydrogen-bond donors (Lipinski definition) is 2. The van der Waals surface area contributed by atoms with Crippen LogP contribution in [-0.4, -0.2) is 19.0 Å². The molecule has 1 amide bonds. The highest BCUT2D eigenvalue weighted by Crippen LogP contribution is 2.28. The Hall–Kier alpha value is -2.49. The fourth-order valence-electron chi connectivity index (χ4n) is 3.58. The Morgan fingerprint density at radius 2 is 1.54 bits per heavy atom. The predicted molar refractivity (Wildman–Crippen MR) is 97.4 cm³/mol. The molecule has 2 aromatic rings. The number of benzene rings is 2. The second-order valence-corrected chi connectivity index (χ2v) is 6.59. The van der Waals surface area contributed by atoms with E-state index in [1.54, 1.807) is 0 Å². The second-order valence-electron chi connectivity index (χ2n) is 6.59. The van der Waals surface area contributed by atoms with Crippen molar-refractivity contribution in [2.24, 2.45) is 0 Å². The van der Waals surface area contributed by atoms with Gasteiger partial charge in [-0.1, -0.05) is 37.1 Å². The van der Waals surface area contributed by atoms with Crippen molar-refractivity contribution in [1.29, 1.82) is 0 Å². The number of amides is 1. The number of anilines is 2. The van der Waals surface area contributed by atoms with E-state index in [-0.39, 0.29) is 12.1 Å². The molecule has 124 valence electrons. The van der Waals surface area contributed by atoms with Crippen LogP contribution >= 0.6 is 0 Å². The van der Waals surface area contributed by atoms with Gasteiger partial charge < -0.3 is 15.5 Å². The summed E-state index contributed by atoms with van der Waals surface area (Å²) in [4.78, 5) is 14.7. The molecule has 2 heterocycles. The molecule has 2 aliphatic heterocycles. The van der Waals surface area contributed by atoms with Crippen LogP contribution in [0.4, 0.5) is 11.4 Å². The Kier molecular flexibility index (Phi) is 4.11. The monoisotopic (exact) mass is 321 g/mol. The lowest BCUT2D eigenvalue weighted by Gasteiger charge is -2.29. The highest BCUT2D eigenvalue weighted by Gasteiger charge is 2.24. The lowest BCUT2D eigenvalue weighted by atomic mass is 10.1. The van der Waals surface area contributed by atoms with Gasteiger partial charge in [0, 0.05) is 24.5 Å². The maximum atomic E-state index is 12.3. The zero-order valence-electron chi connectivity index (χ0n) is 13.8. The zero-order valence-corrected chi connectivity index (χ0v) is 13.8. The average Bonchev–Trinajstić information content (AvgIpc) is 2.91. The summed E-state index contributed by atoms with van der Waals surface area (Å²) in [5.74, 6) is -0.0223. The number of hydrogen-bond acceptors (Lipinski definition) is 3. The van der Waals surface area contributed by atoms with Crippen LogP contribution in [0.15, 0.2) is 48.5 Å². The van der Waals surface area contributed by atoms with Crippen molar-refractivity contribution >= 4 is 17.3 Å². The van der Waals surface area contributed by atoms with E-state index in [0.29, 0.717) is 5.56 Å². The molecular weight excluding hydrogens is 298 g/mol. The van der Waals surface area contributed by atoms with E-state index in [9.17, 15) is 4.79 Å². The number of carbonyl (C=O) groups excluding carboxylic acids is 1. The third-order valence-electron chi connectivity index (χ3n) is 4.94. The number of para-hydroxylation sites is 1. The van der Waals surface area contributed by atoms with Gasteiger partial charge in [-0.25, -0.2) is 0 Å². The highest BCUT2D eigenvalue weighted by atomic mass is 16.2. The smallest absolute Gasteiger partial charge is 0.255 e. The van der Waals surface area contributed by atoms with E-state index in [4.69, 9.17) is 0 Å². The van der Waals surface area contributed by atoms with Gasteiger partial charge >= 0.3 is 0 Å². The SMILES string of the molecule is O=C1N[C@H](c2ccc(N3CCCCCC3)cc2)Nc2ccccc21. The van der Waals surface area contributed by atoms with E-state index < -0.39 is 0 Å². The molecule has 0 spiro atoms. The third kappa shape index (κ3) is 2.96. The van der Waals surface area contributed by atoms with E-state index in [2.05, 4.69) is 39.8 Å². The molecule has 0 saturated carbocycles. The van der Waals surface area contributed by atoms with Gasteiger partial charge in [-0.05, 0) is 42.7 Å². The normalized spacial score (nSPS) is 20.6. The first-order valence-electron chi connectivity index (χ1n) is 8.82. The molecule has 0 bridgehead atoms. The van der Waals surface area contributed by atoms with Crippen molar-refractivity contribution in [1.82, 2.24) is 5.32 Å². The van der Waals surface area contributed by atoms with E-state index in [1.165, 1.54) is 31.4 Å². The lowest BCUT2D eigenvalue weighted by molar-refractivity contribution is 0.0935. The van der Waals surface area contributed by atoms with Crippen molar-refractivity contribution in [3.05, 3.63) is 59.7 Å². The van der Waals surface area contributed by atoms with Crippen LogP contribution in [0.5, 0.6) is 0 Å². The minimum Gasteiger partial charge on any atom is -0.372 e. The molecule has 0 radical (unpaired) electrons. The summed E-state index contributed by atoms with van der Waals surface area (Å²) in [7, 11) is 0. The molecule has 0 unspecified atom stereocenters. The molecule has 1 saturated heterocycles. The van der Waals surface area contributed by atoms with E-state index >= 15 is 0 Å². The minimum atomic E-state index is -0.175. The summed E-state index contributed by atoms with van der Waals surface area (Å²) in [6.07, 6.45) is 5.06. The number of nitrogens with one attached hydrogen (secondary N) is 2. The molecule has 2 aromatic carbocycles. The Morgan fingerprint density at radius 1 is 0.833 bits per heavy atom. The molecule has 4 nitrogen and oxygen atoms in total. The largest absolute Gasteiger partial charge is 0.372 e. The summed E-state index contributed by atoms with van der Waals surface area (Å²) in [5.41, 5.74) is 3.96. The second kappa shape index (κ2) is 6.56. The van der Waals surface area contributed by atoms with E-state index in [1.807, 2.05) is 24.3 Å². The third-order valence-corrected chi connectivity index (χ3v) is 4.94. The topological polar surface area (TPSA) is 44.4 Å². The zero-order chi connectivity index (χ0) is 16.4. The summed E-state index contributed by atoms with van der Waals surface area (Å²) in [5, 5.41) is 6.44. The van der Waals surface area contributed by atoms with Gasteiger partial charge in [0.05, 0.1) is 5.56 Å². The van der Waals surface area contributed by atoms with Crippen molar-refractivity contribution in [2.75, 3.05) is 23.3 Å². The number of carbonyl (C=O) groups is 1. The summed E-state index contributed by atoms with van der Waals surface area (Å²) >= 11 is 0. The van der Waals surface area contributed by atoms with Crippen LogP contribution in [0.2, 0.25) is 0 Å². The first-order chi connectivity index (χ1) is 11.8. The average molecular weight is 321 g/mol.